The van der Waals surface area contributed by atoms with Gasteiger partial charge >= 0.3 is 0 Å². The van der Waals surface area contributed by atoms with Crippen molar-refractivity contribution in [1.82, 2.24) is 5.06 Å². The molecule has 0 saturated heterocycles. The Bertz CT molecular complexity index is 203. The van der Waals surface area contributed by atoms with Crippen LogP contribution in [0.5, 0.6) is 0 Å². The maximum atomic E-state index is 5.09. The Hall–Kier alpha value is -1.18. The Kier molecular flexibility index (Phi) is 1.81. The predicted molar refractivity (Wildman–Crippen MR) is 40.6 cm³/mol. The van der Waals surface area contributed by atoms with Gasteiger partial charge in [0.2, 0.25) is 0 Å². The molecular weight excluding hydrogens is 126 g/mol. The number of hydrogen-bond donors (Lipinski definition) is 0. The van der Waals surface area contributed by atoms with E-state index >= 15 is 0 Å². The fourth-order valence-corrected chi connectivity index (χ4v) is 0.662. The van der Waals surface area contributed by atoms with Gasteiger partial charge in [-0.2, -0.15) is 5.06 Å². The van der Waals surface area contributed by atoms with Crippen LogP contribution in [0.4, 0.5) is 0 Å². The lowest BCUT2D eigenvalue weighted by Gasteiger charge is -2.21. The summed E-state index contributed by atoms with van der Waals surface area (Å²) < 4.78 is 0. The highest BCUT2D eigenvalue weighted by Gasteiger charge is 2.02. The molecule has 0 atom stereocenters. The maximum Gasteiger partial charge on any atom is 0.120 e. The zero-order valence-corrected chi connectivity index (χ0v) is 6.29. The van der Waals surface area contributed by atoms with Gasteiger partial charge in [-0.3, -0.25) is 0 Å². The van der Waals surface area contributed by atoms with E-state index in [1.54, 1.807) is 11.3 Å². The van der Waals surface area contributed by atoms with Crippen LogP contribution in [0.1, 0.15) is 13.8 Å². The van der Waals surface area contributed by atoms with Crippen molar-refractivity contribution < 1.29 is 4.84 Å². The van der Waals surface area contributed by atoms with Gasteiger partial charge in [0.15, 0.2) is 0 Å². The van der Waals surface area contributed by atoms with Gasteiger partial charge in [0.25, 0.3) is 0 Å². The lowest BCUT2D eigenvalue weighted by atomic mass is 10.3. The van der Waals surface area contributed by atoms with E-state index in [1.807, 2.05) is 26.1 Å². The summed E-state index contributed by atoms with van der Waals surface area (Å²) >= 11 is 0. The monoisotopic (exact) mass is 137 g/mol. The van der Waals surface area contributed by atoms with Crippen LogP contribution in [0.2, 0.25) is 0 Å². The molecule has 0 N–H and O–H groups in total. The van der Waals surface area contributed by atoms with Crippen molar-refractivity contribution in [3.63, 3.8) is 0 Å². The van der Waals surface area contributed by atoms with E-state index < -0.39 is 0 Å². The van der Waals surface area contributed by atoms with E-state index in [-0.39, 0.29) is 0 Å². The van der Waals surface area contributed by atoms with Gasteiger partial charge in [0.1, 0.15) is 6.26 Å². The fraction of sp³-hybridized carbons (Fsp3) is 0.250. The third-order valence-electron chi connectivity index (χ3n) is 1.20. The van der Waals surface area contributed by atoms with Gasteiger partial charge in [-0.05, 0) is 25.5 Å². The number of hydrogen-bond acceptors (Lipinski definition) is 2. The molecule has 0 amide bonds. The molecule has 0 aliphatic carbocycles. The standard InChI is InChI=1S/C8H11NO/c1-7(2)9-6-8(3)4-5-10-9/h4-6H,1H2,2-3H3. The van der Waals surface area contributed by atoms with E-state index in [0.29, 0.717) is 0 Å². The number of nitrogens with zero attached hydrogens (tertiary/aromatic N) is 1. The van der Waals surface area contributed by atoms with E-state index in [9.17, 15) is 0 Å². The first kappa shape index (κ1) is 6.93. The quantitative estimate of drug-likeness (QED) is 0.549. The molecule has 0 fully saturated rings. The summed E-state index contributed by atoms with van der Waals surface area (Å²) in [6.45, 7) is 7.64. The highest BCUT2D eigenvalue weighted by atomic mass is 16.7. The van der Waals surface area contributed by atoms with E-state index in [4.69, 9.17) is 4.84 Å². The van der Waals surface area contributed by atoms with Crippen LogP contribution >= 0.6 is 0 Å². The Morgan fingerprint density at radius 1 is 1.70 bits per heavy atom. The second-order valence-electron chi connectivity index (χ2n) is 2.34. The normalized spacial score (nSPS) is 16.2. The Labute approximate surface area is 61.0 Å². The molecular formula is C8H11NO. The fourth-order valence-electron chi connectivity index (χ4n) is 0.662. The van der Waals surface area contributed by atoms with Crippen molar-refractivity contribution in [3.05, 3.63) is 36.4 Å². The maximum absolute atomic E-state index is 5.09. The summed E-state index contributed by atoms with van der Waals surface area (Å²) in [5.74, 6) is 0. The number of rotatable bonds is 1. The first-order valence-electron chi connectivity index (χ1n) is 3.16. The van der Waals surface area contributed by atoms with Crippen molar-refractivity contribution in [3.8, 4) is 0 Å². The summed E-state index contributed by atoms with van der Waals surface area (Å²) in [5, 5.41) is 1.63. The van der Waals surface area contributed by atoms with Crippen molar-refractivity contribution in [2.45, 2.75) is 13.8 Å². The Balaban J connectivity index is 2.69. The molecule has 2 nitrogen and oxygen atoms in total. The van der Waals surface area contributed by atoms with Gasteiger partial charge in [-0.25, -0.2) is 0 Å². The lowest BCUT2D eigenvalue weighted by Crippen LogP contribution is -2.14. The third kappa shape index (κ3) is 1.41. The SMILES string of the molecule is C=C(C)N1C=C(C)C=CO1. The Morgan fingerprint density at radius 3 is 2.80 bits per heavy atom. The molecule has 1 rings (SSSR count). The Morgan fingerprint density at radius 2 is 2.40 bits per heavy atom. The van der Waals surface area contributed by atoms with Gasteiger partial charge in [-0.1, -0.05) is 6.58 Å². The van der Waals surface area contributed by atoms with Crippen molar-refractivity contribution in [1.29, 1.82) is 0 Å². The topological polar surface area (TPSA) is 12.5 Å². The largest absolute Gasteiger partial charge is 0.383 e. The van der Waals surface area contributed by atoms with Crippen LogP contribution in [-0.4, -0.2) is 5.06 Å². The number of allylic oxidation sites excluding steroid dienone is 3. The van der Waals surface area contributed by atoms with Crippen molar-refractivity contribution >= 4 is 0 Å². The molecule has 54 valence electrons. The number of hydroxylamine groups is 2. The summed E-state index contributed by atoms with van der Waals surface area (Å²) in [6, 6.07) is 0. The van der Waals surface area contributed by atoms with Crippen LogP contribution in [-0.2, 0) is 4.84 Å². The zero-order chi connectivity index (χ0) is 7.56. The first-order valence-corrected chi connectivity index (χ1v) is 3.16. The van der Waals surface area contributed by atoms with E-state index in [1.165, 1.54) is 0 Å². The van der Waals surface area contributed by atoms with Crippen LogP contribution in [0.15, 0.2) is 36.4 Å². The van der Waals surface area contributed by atoms with Crippen molar-refractivity contribution in [2.24, 2.45) is 0 Å². The summed E-state index contributed by atoms with van der Waals surface area (Å²) in [4.78, 5) is 5.09. The zero-order valence-electron chi connectivity index (χ0n) is 6.29. The molecule has 2 heteroatoms. The van der Waals surface area contributed by atoms with E-state index in [2.05, 4.69) is 6.58 Å². The minimum absolute atomic E-state index is 0.878. The minimum atomic E-state index is 0.878. The second kappa shape index (κ2) is 2.60. The molecule has 0 aromatic rings. The van der Waals surface area contributed by atoms with Crippen molar-refractivity contribution in [2.75, 3.05) is 0 Å². The molecule has 0 aromatic heterocycles. The van der Waals surface area contributed by atoms with Crippen LogP contribution in [0.3, 0.4) is 0 Å². The predicted octanol–water partition coefficient (Wildman–Crippen LogP) is 2.18. The van der Waals surface area contributed by atoms with Crippen LogP contribution < -0.4 is 0 Å². The second-order valence-corrected chi connectivity index (χ2v) is 2.34. The van der Waals surface area contributed by atoms with Gasteiger partial charge in [0, 0.05) is 11.9 Å². The highest BCUT2D eigenvalue weighted by Crippen LogP contribution is 2.11. The lowest BCUT2D eigenvalue weighted by molar-refractivity contribution is -0.0261. The minimum Gasteiger partial charge on any atom is -0.383 e. The summed E-state index contributed by atoms with van der Waals surface area (Å²) in [5.41, 5.74) is 2.04. The molecule has 0 unspecified atom stereocenters. The molecule has 10 heavy (non-hydrogen) atoms. The highest BCUT2D eigenvalue weighted by molar-refractivity contribution is 5.17. The molecule has 0 saturated carbocycles. The van der Waals surface area contributed by atoms with Crippen LogP contribution in [0, 0.1) is 0 Å². The molecule has 0 aromatic carbocycles. The average molecular weight is 137 g/mol. The molecule has 1 aliphatic heterocycles. The first-order chi connectivity index (χ1) is 4.70. The van der Waals surface area contributed by atoms with Gasteiger partial charge in [-0.15, -0.1) is 0 Å². The molecule has 1 heterocycles. The molecule has 1 aliphatic rings. The summed E-state index contributed by atoms with van der Waals surface area (Å²) in [7, 11) is 0. The third-order valence-corrected chi connectivity index (χ3v) is 1.20. The summed E-state index contributed by atoms with van der Waals surface area (Å²) in [6.07, 6.45) is 5.44. The molecule has 0 spiro atoms. The molecule has 0 bridgehead atoms. The van der Waals surface area contributed by atoms with Gasteiger partial charge in [0.05, 0.1) is 0 Å². The van der Waals surface area contributed by atoms with Gasteiger partial charge < -0.3 is 4.84 Å². The average Bonchev–Trinajstić information content (AvgIpc) is 1.88. The van der Waals surface area contributed by atoms with Crippen LogP contribution in [0.25, 0.3) is 0 Å². The molecule has 0 radical (unpaired) electrons. The van der Waals surface area contributed by atoms with E-state index in [0.717, 1.165) is 11.3 Å². The smallest absolute Gasteiger partial charge is 0.120 e.